The van der Waals surface area contributed by atoms with Crippen molar-refractivity contribution in [1.82, 2.24) is 14.8 Å². The van der Waals surface area contributed by atoms with Gasteiger partial charge in [0.2, 0.25) is 0 Å². The second-order valence-corrected chi connectivity index (χ2v) is 7.11. The molecule has 0 aliphatic rings. The van der Waals surface area contributed by atoms with Gasteiger partial charge in [-0.1, -0.05) is 28.4 Å². The molecular formula is C17H12BrCl2N5O2. The number of carbonyl (C=O) groups excluding carboxylic acids is 1. The van der Waals surface area contributed by atoms with E-state index in [9.17, 15) is 4.79 Å². The van der Waals surface area contributed by atoms with E-state index in [-0.39, 0.29) is 5.69 Å². The lowest BCUT2D eigenvalue weighted by molar-refractivity contribution is 0.101. The number of pyridine rings is 1. The summed E-state index contributed by atoms with van der Waals surface area (Å²) in [6.07, 6.45) is 2.75. The zero-order chi connectivity index (χ0) is 19.6. The average Bonchev–Trinajstić information content (AvgIpc) is 3.00. The fourth-order valence-corrected chi connectivity index (χ4v) is 3.35. The summed E-state index contributed by atoms with van der Waals surface area (Å²) in [5.41, 5.74) is 1.82. The summed E-state index contributed by atoms with van der Waals surface area (Å²) in [4.78, 5) is 17.1. The van der Waals surface area contributed by atoms with Gasteiger partial charge in [-0.3, -0.25) is 4.79 Å². The maximum atomic E-state index is 12.9. The van der Waals surface area contributed by atoms with Crippen LogP contribution in [0.5, 0.6) is 0 Å². The van der Waals surface area contributed by atoms with Gasteiger partial charge in [0.15, 0.2) is 5.82 Å². The minimum Gasteiger partial charge on any atom is -0.411 e. The highest BCUT2D eigenvalue weighted by Crippen LogP contribution is 2.26. The number of aryl methyl sites for hydroxylation is 1. The molecule has 0 spiro atoms. The van der Waals surface area contributed by atoms with Crippen molar-refractivity contribution in [1.29, 1.82) is 0 Å². The van der Waals surface area contributed by atoms with Gasteiger partial charge in [-0.15, -0.1) is 0 Å². The van der Waals surface area contributed by atoms with Crippen LogP contribution in [0, 0.1) is 6.92 Å². The molecule has 0 fully saturated rings. The molecule has 1 aromatic carbocycles. The van der Waals surface area contributed by atoms with E-state index in [0.29, 0.717) is 37.3 Å². The van der Waals surface area contributed by atoms with Crippen molar-refractivity contribution >= 4 is 56.9 Å². The Morgan fingerprint density at radius 2 is 2.15 bits per heavy atom. The fourth-order valence-electron chi connectivity index (χ4n) is 2.49. The quantitative estimate of drug-likeness (QED) is 0.329. The Bertz CT molecular complexity index is 1050. The van der Waals surface area contributed by atoms with Crippen LogP contribution in [0.4, 0.5) is 5.69 Å². The van der Waals surface area contributed by atoms with E-state index in [4.69, 9.17) is 28.4 Å². The van der Waals surface area contributed by atoms with Crippen molar-refractivity contribution < 1.29 is 10.0 Å². The Labute approximate surface area is 172 Å². The molecule has 3 aromatic rings. The number of oxime groups is 1. The average molecular weight is 469 g/mol. The lowest BCUT2D eigenvalue weighted by Crippen LogP contribution is -2.19. The van der Waals surface area contributed by atoms with Crippen molar-refractivity contribution in [2.24, 2.45) is 5.16 Å². The Morgan fingerprint density at radius 3 is 2.85 bits per heavy atom. The number of halogens is 3. The van der Waals surface area contributed by atoms with Gasteiger partial charge in [-0.25, -0.2) is 9.67 Å². The summed E-state index contributed by atoms with van der Waals surface area (Å²) in [5, 5.41) is 19.7. The van der Waals surface area contributed by atoms with Crippen LogP contribution >= 0.6 is 39.1 Å². The standard InChI is InChI=1S/C17H12BrCl2N5O2/c1-9-5-11(19)6-10(8-22-27)15(9)23-17(26)13-7-14(18)24-25(13)16-12(20)3-2-4-21-16/h2-8,27H,1H3,(H,23,26)/b22-8-. The fraction of sp³-hybridized carbons (Fsp3) is 0.0588. The zero-order valence-corrected chi connectivity index (χ0v) is 16.9. The van der Waals surface area contributed by atoms with E-state index in [1.807, 2.05) is 0 Å². The molecule has 2 heterocycles. The van der Waals surface area contributed by atoms with E-state index in [2.05, 4.69) is 36.5 Å². The van der Waals surface area contributed by atoms with Crippen molar-refractivity contribution in [2.75, 3.05) is 5.32 Å². The number of nitrogens with one attached hydrogen (secondary N) is 1. The molecule has 0 bridgehead atoms. The van der Waals surface area contributed by atoms with E-state index in [0.717, 1.165) is 0 Å². The Kier molecular flexibility index (Phi) is 5.79. The maximum Gasteiger partial charge on any atom is 0.274 e. The number of aromatic nitrogens is 3. The van der Waals surface area contributed by atoms with Crippen molar-refractivity contribution in [2.45, 2.75) is 6.92 Å². The minimum atomic E-state index is -0.451. The van der Waals surface area contributed by atoms with Gasteiger partial charge < -0.3 is 10.5 Å². The SMILES string of the molecule is Cc1cc(Cl)cc(/C=N\O)c1NC(=O)c1cc(Br)nn1-c1ncccc1Cl. The molecule has 2 N–H and O–H groups in total. The summed E-state index contributed by atoms with van der Waals surface area (Å²) in [6, 6.07) is 8.15. The molecule has 0 aliphatic carbocycles. The number of hydrogen-bond acceptors (Lipinski definition) is 5. The first-order chi connectivity index (χ1) is 12.9. The molecule has 0 atom stereocenters. The number of carbonyl (C=O) groups is 1. The number of rotatable bonds is 4. The highest BCUT2D eigenvalue weighted by molar-refractivity contribution is 9.10. The van der Waals surface area contributed by atoms with Crippen LogP contribution in [0.1, 0.15) is 21.6 Å². The number of hydrogen-bond donors (Lipinski definition) is 2. The van der Waals surface area contributed by atoms with E-state index >= 15 is 0 Å². The molecule has 27 heavy (non-hydrogen) atoms. The first-order valence-corrected chi connectivity index (χ1v) is 9.11. The minimum absolute atomic E-state index is 0.212. The van der Waals surface area contributed by atoms with Gasteiger partial charge in [0.05, 0.1) is 16.9 Å². The Balaban J connectivity index is 2.03. The number of benzene rings is 1. The highest BCUT2D eigenvalue weighted by atomic mass is 79.9. The summed E-state index contributed by atoms with van der Waals surface area (Å²) in [7, 11) is 0. The topological polar surface area (TPSA) is 92.4 Å². The number of anilines is 1. The molecule has 2 aromatic heterocycles. The molecule has 138 valence electrons. The van der Waals surface area contributed by atoms with Crippen LogP contribution in [-0.4, -0.2) is 32.1 Å². The molecule has 0 aliphatic heterocycles. The normalized spacial score (nSPS) is 11.1. The smallest absolute Gasteiger partial charge is 0.274 e. The largest absolute Gasteiger partial charge is 0.411 e. The summed E-state index contributed by atoms with van der Waals surface area (Å²) in [6.45, 7) is 1.78. The number of amides is 1. The van der Waals surface area contributed by atoms with E-state index < -0.39 is 5.91 Å². The molecule has 10 heteroatoms. The summed E-state index contributed by atoms with van der Waals surface area (Å²) in [5.74, 6) is -0.132. The molecule has 3 rings (SSSR count). The molecule has 1 amide bonds. The lowest BCUT2D eigenvalue weighted by atomic mass is 10.1. The van der Waals surface area contributed by atoms with Crippen LogP contribution < -0.4 is 5.32 Å². The first kappa shape index (κ1) is 19.3. The molecular weight excluding hydrogens is 457 g/mol. The molecule has 0 unspecified atom stereocenters. The van der Waals surface area contributed by atoms with Gasteiger partial charge >= 0.3 is 0 Å². The third-order valence-electron chi connectivity index (χ3n) is 3.62. The monoisotopic (exact) mass is 467 g/mol. The molecule has 0 saturated heterocycles. The summed E-state index contributed by atoms with van der Waals surface area (Å²) >= 11 is 15.5. The zero-order valence-electron chi connectivity index (χ0n) is 13.8. The van der Waals surface area contributed by atoms with Gasteiger partial charge in [-0.2, -0.15) is 5.10 Å². The van der Waals surface area contributed by atoms with Crippen LogP contribution in [0.3, 0.4) is 0 Å². The highest BCUT2D eigenvalue weighted by Gasteiger charge is 2.20. The van der Waals surface area contributed by atoms with E-state index in [1.165, 1.54) is 10.9 Å². The second-order valence-electron chi connectivity index (χ2n) is 5.46. The predicted molar refractivity (Wildman–Crippen MR) is 108 cm³/mol. The Hall–Kier alpha value is -2.42. The number of nitrogens with zero attached hydrogens (tertiary/aromatic N) is 4. The molecule has 0 radical (unpaired) electrons. The van der Waals surface area contributed by atoms with Crippen LogP contribution in [-0.2, 0) is 0 Å². The van der Waals surface area contributed by atoms with Gasteiger partial charge in [0.1, 0.15) is 10.3 Å². The van der Waals surface area contributed by atoms with E-state index in [1.54, 1.807) is 43.5 Å². The second kappa shape index (κ2) is 8.08. The van der Waals surface area contributed by atoms with Gasteiger partial charge in [0, 0.05) is 22.8 Å². The predicted octanol–water partition coefficient (Wildman–Crippen LogP) is 4.71. The van der Waals surface area contributed by atoms with Gasteiger partial charge in [0.25, 0.3) is 5.91 Å². The maximum absolute atomic E-state index is 12.9. The van der Waals surface area contributed by atoms with Crippen LogP contribution in [0.25, 0.3) is 5.82 Å². The van der Waals surface area contributed by atoms with Crippen molar-refractivity contribution in [3.8, 4) is 5.82 Å². The van der Waals surface area contributed by atoms with Crippen LogP contribution in [0.2, 0.25) is 10.0 Å². The summed E-state index contributed by atoms with van der Waals surface area (Å²) < 4.78 is 1.78. The third kappa shape index (κ3) is 4.13. The third-order valence-corrected chi connectivity index (χ3v) is 4.52. The first-order valence-electron chi connectivity index (χ1n) is 7.56. The molecule has 0 saturated carbocycles. The van der Waals surface area contributed by atoms with Crippen molar-refractivity contribution in [3.63, 3.8) is 0 Å². The van der Waals surface area contributed by atoms with Crippen LogP contribution in [0.15, 0.2) is 46.3 Å². The molecule has 7 nitrogen and oxygen atoms in total. The Morgan fingerprint density at radius 1 is 1.37 bits per heavy atom. The van der Waals surface area contributed by atoms with Gasteiger partial charge in [-0.05, 0) is 52.7 Å². The lowest BCUT2D eigenvalue weighted by Gasteiger charge is -2.13. The van der Waals surface area contributed by atoms with Crippen molar-refractivity contribution in [3.05, 3.63) is 68.0 Å².